The van der Waals surface area contributed by atoms with Gasteiger partial charge in [-0.1, -0.05) is 140 Å². The summed E-state index contributed by atoms with van der Waals surface area (Å²) in [6.07, 6.45) is 4.26. The van der Waals surface area contributed by atoms with Gasteiger partial charge in [0.05, 0.1) is 11.2 Å². The molecule has 8 aromatic carbocycles. The van der Waals surface area contributed by atoms with Crippen LogP contribution in [-0.2, 0) is 6.54 Å². The summed E-state index contributed by atoms with van der Waals surface area (Å²) in [4.78, 5) is 0. The first-order chi connectivity index (χ1) is 24.3. The molecule has 0 spiro atoms. The number of rotatable bonds is 4. The molecule has 1 N–H and O–H groups in total. The van der Waals surface area contributed by atoms with Gasteiger partial charge in [0.15, 0.2) is 0 Å². The van der Waals surface area contributed by atoms with Gasteiger partial charge in [0.25, 0.3) is 0 Å². The van der Waals surface area contributed by atoms with Crippen molar-refractivity contribution < 1.29 is 0 Å². The average molecular weight is 625 g/mol. The standard InChI is InChI=1S/C47H32N2/c1-3-13-31(14-4-1)46-37-19-9-11-21-39(37)47(40-22-12-10-20-38(40)46)41-25-24-34(35-17-7-8-18-36(35)41)32-23-26-44-42(29-32)43-30-48-28-27-45(43)49(44)33-15-5-2-6-16-33/h1-29,48H,30H2. The van der Waals surface area contributed by atoms with Crippen molar-refractivity contribution in [3.63, 3.8) is 0 Å². The van der Waals surface area contributed by atoms with E-state index in [0.29, 0.717) is 0 Å². The number of nitrogens with one attached hydrogen (secondary N) is 1. The molecule has 0 atom stereocenters. The highest BCUT2D eigenvalue weighted by atomic mass is 15.0. The summed E-state index contributed by atoms with van der Waals surface area (Å²) in [6, 6.07) is 60.0. The molecule has 0 unspecified atom stereocenters. The van der Waals surface area contributed by atoms with Crippen LogP contribution in [0.15, 0.2) is 170 Å². The van der Waals surface area contributed by atoms with Crippen molar-refractivity contribution in [2.45, 2.75) is 6.54 Å². The lowest BCUT2D eigenvalue weighted by Gasteiger charge is -2.19. The third kappa shape index (κ3) is 4.28. The molecule has 0 radical (unpaired) electrons. The van der Waals surface area contributed by atoms with Crippen LogP contribution in [-0.4, -0.2) is 4.57 Å². The normalized spacial score (nSPS) is 12.5. The Morgan fingerprint density at radius 2 is 0.980 bits per heavy atom. The monoisotopic (exact) mass is 624 g/mol. The fourth-order valence-electron chi connectivity index (χ4n) is 8.16. The molecule has 10 rings (SSSR count). The molecule has 0 saturated heterocycles. The highest BCUT2D eigenvalue weighted by molar-refractivity contribution is 6.24. The molecule has 2 heterocycles. The van der Waals surface area contributed by atoms with Crippen LogP contribution in [0.4, 0.5) is 0 Å². The van der Waals surface area contributed by atoms with E-state index in [-0.39, 0.29) is 0 Å². The molecule has 0 saturated carbocycles. The van der Waals surface area contributed by atoms with Gasteiger partial charge in [-0.15, -0.1) is 0 Å². The van der Waals surface area contributed by atoms with Gasteiger partial charge in [-0.05, 0) is 102 Å². The molecule has 2 heteroatoms. The molecule has 2 nitrogen and oxygen atoms in total. The summed E-state index contributed by atoms with van der Waals surface area (Å²) < 4.78 is 2.39. The first-order valence-corrected chi connectivity index (χ1v) is 17.0. The fraction of sp³-hybridized carbons (Fsp3) is 0.0213. The lowest BCUT2D eigenvalue weighted by Crippen LogP contribution is -2.10. The largest absolute Gasteiger partial charge is 0.387 e. The molecule has 0 amide bonds. The van der Waals surface area contributed by atoms with Gasteiger partial charge in [0.1, 0.15) is 0 Å². The first kappa shape index (κ1) is 27.7. The molecule has 49 heavy (non-hydrogen) atoms. The molecular formula is C47H32N2. The Bertz CT molecular complexity index is 2690. The van der Waals surface area contributed by atoms with Crippen LogP contribution in [0, 0.1) is 0 Å². The van der Waals surface area contributed by atoms with Crippen molar-refractivity contribution in [3.05, 3.63) is 181 Å². The van der Waals surface area contributed by atoms with Crippen molar-refractivity contribution in [1.82, 2.24) is 9.88 Å². The van der Waals surface area contributed by atoms with E-state index in [4.69, 9.17) is 0 Å². The van der Waals surface area contributed by atoms with E-state index in [0.717, 1.165) is 6.54 Å². The Hall–Kier alpha value is -6.38. The minimum Gasteiger partial charge on any atom is -0.387 e. The van der Waals surface area contributed by atoms with Gasteiger partial charge in [0.2, 0.25) is 0 Å². The summed E-state index contributed by atoms with van der Waals surface area (Å²) in [5.74, 6) is 0. The fourth-order valence-corrected chi connectivity index (χ4v) is 8.16. The SMILES string of the molecule is C1=Cc2c(c3cc(-c4ccc(-c5c6ccccc6c(-c6ccccc6)c6ccccc56)c5ccccc45)ccc3n2-c2ccccc2)CN1. The molecule has 9 aromatic rings. The van der Waals surface area contributed by atoms with Gasteiger partial charge < -0.3 is 9.88 Å². The predicted octanol–water partition coefficient (Wildman–Crippen LogP) is 12.2. The summed E-state index contributed by atoms with van der Waals surface area (Å²) in [5, 5.41) is 12.4. The highest BCUT2D eigenvalue weighted by Gasteiger charge is 2.21. The van der Waals surface area contributed by atoms with E-state index >= 15 is 0 Å². The molecule has 1 aliphatic rings. The first-order valence-electron chi connectivity index (χ1n) is 17.0. The molecule has 0 fully saturated rings. The number of benzene rings is 8. The quantitative estimate of drug-likeness (QED) is 0.193. The van der Waals surface area contributed by atoms with Gasteiger partial charge in [-0.2, -0.15) is 0 Å². The van der Waals surface area contributed by atoms with E-state index < -0.39 is 0 Å². The number of fused-ring (bicyclic) bond motifs is 6. The zero-order chi connectivity index (χ0) is 32.3. The van der Waals surface area contributed by atoms with E-state index in [9.17, 15) is 0 Å². The van der Waals surface area contributed by atoms with Crippen molar-refractivity contribution in [2.24, 2.45) is 0 Å². The third-order valence-corrected chi connectivity index (χ3v) is 10.3. The average Bonchev–Trinajstić information content (AvgIpc) is 3.51. The van der Waals surface area contributed by atoms with Crippen LogP contribution in [0.2, 0.25) is 0 Å². The van der Waals surface area contributed by atoms with Gasteiger partial charge in [-0.25, -0.2) is 0 Å². The maximum absolute atomic E-state index is 3.46. The summed E-state index contributed by atoms with van der Waals surface area (Å²) in [5.41, 5.74) is 12.5. The maximum Gasteiger partial charge on any atom is 0.0538 e. The van der Waals surface area contributed by atoms with E-state index in [2.05, 4.69) is 186 Å². The van der Waals surface area contributed by atoms with Crippen LogP contribution in [0.1, 0.15) is 11.3 Å². The van der Waals surface area contributed by atoms with Crippen molar-refractivity contribution in [1.29, 1.82) is 0 Å². The van der Waals surface area contributed by atoms with Gasteiger partial charge in [-0.3, -0.25) is 0 Å². The third-order valence-electron chi connectivity index (χ3n) is 10.3. The molecule has 230 valence electrons. The van der Waals surface area contributed by atoms with Crippen LogP contribution >= 0.6 is 0 Å². The molecule has 1 aliphatic heterocycles. The number of hydrogen-bond donors (Lipinski definition) is 1. The summed E-state index contributed by atoms with van der Waals surface area (Å²) >= 11 is 0. The zero-order valence-corrected chi connectivity index (χ0v) is 26.9. The van der Waals surface area contributed by atoms with E-state index in [1.165, 1.54) is 93.5 Å². The van der Waals surface area contributed by atoms with Crippen LogP contribution in [0.3, 0.4) is 0 Å². The Balaban J connectivity index is 1.22. The van der Waals surface area contributed by atoms with Gasteiger partial charge in [0, 0.05) is 23.2 Å². The Labute approximate surface area is 285 Å². The van der Waals surface area contributed by atoms with E-state index in [1.54, 1.807) is 0 Å². The minimum absolute atomic E-state index is 0.810. The number of nitrogens with zero attached hydrogens (tertiary/aromatic N) is 1. The number of hydrogen-bond acceptors (Lipinski definition) is 1. The predicted molar refractivity (Wildman–Crippen MR) is 208 cm³/mol. The smallest absolute Gasteiger partial charge is 0.0538 e. The topological polar surface area (TPSA) is 17.0 Å². The number of para-hydroxylation sites is 1. The lowest BCUT2D eigenvalue weighted by molar-refractivity contribution is 0.855. The molecule has 1 aromatic heterocycles. The highest BCUT2D eigenvalue weighted by Crippen LogP contribution is 2.46. The molecular weight excluding hydrogens is 593 g/mol. The van der Waals surface area contributed by atoms with Gasteiger partial charge >= 0.3 is 0 Å². The van der Waals surface area contributed by atoms with Crippen LogP contribution in [0.5, 0.6) is 0 Å². The molecule has 0 aliphatic carbocycles. The summed E-state index contributed by atoms with van der Waals surface area (Å²) in [7, 11) is 0. The minimum atomic E-state index is 0.810. The lowest BCUT2D eigenvalue weighted by atomic mass is 9.84. The Kier molecular flexibility index (Phi) is 6.28. The maximum atomic E-state index is 3.46. The van der Waals surface area contributed by atoms with Crippen molar-refractivity contribution in [3.8, 4) is 39.1 Å². The Morgan fingerprint density at radius 3 is 1.65 bits per heavy atom. The van der Waals surface area contributed by atoms with Crippen molar-refractivity contribution >= 4 is 49.3 Å². The second-order valence-corrected chi connectivity index (χ2v) is 12.9. The van der Waals surface area contributed by atoms with Crippen molar-refractivity contribution in [2.75, 3.05) is 0 Å². The second-order valence-electron chi connectivity index (χ2n) is 12.9. The zero-order valence-electron chi connectivity index (χ0n) is 26.9. The molecule has 0 bridgehead atoms. The van der Waals surface area contributed by atoms with E-state index in [1.807, 2.05) is 0 Å². The van der Waals surface area contributed by atoms with Crippen LogP contribution < -0.4 is 5.32 Å². The number of aromatic nitrogens is 1. The Morgan fingerprint density at radius 1 is 0.429 bits per heavy atom. The summed E-state index contributed by atoms with van der Waals surface area (Å²) in [6.45, 7) is 0.810. The second kappa shape index (κ2) is 11.1. The van der Waals surface area contributed by atoms with Crippen LogP contribution in [0.25, 0.3) is 88.4 Å².